The quantitative estimate of drug-likeness (QED) is 0.840. The Morgan fingerprint density at radius 3 is 2.52 bits per heavy atom. The van der Waals surface area contributed by atoms with Crippen LogP contribution in [0.4, 0.5) is 4.79 Å². The average Bonchev–Trinajstić information content (AvgIpc) is 2.56. The van der Waals surface area contributed by atoms with Crippen molar-refractivity contribution in [2.45, 2.75) is 38.8 Å². The van der Waals surface area contributed by atoms with E-state index in [1.165, 1.54) is 4.90 Å². The number of carbonyl (C=O) groups is 2. The first-order chi connectivity index (χ1) is 9.54. The molecule has 1 saturated heterocycles. The number of hydrogen-bond donors (Lipinski definition) is 2. The number of urea groups is 1. The van der Waals surface area contributed by atoms with Crippen LogP contribution in [-0.2, 0) is 10.3 Å². The molecule has 0 radical (unpaired) electrons. The standard InChI is InChI=1S/C15H20ClN3O2/c1-9-7-10(5-6-11(9)16)15(4)12(20)19(13(21)18-15)8-14(2,3)17/h5-7H,8,17H2,1-4H3,(H,18,21). The normalized spacial score (nSPS) is 22.7. The fraction of sp³-hybridized carbons (Fsp3) is 0.467. The Hall–Kier alpha value is -1.59. The molecule has 114 valence electrons. The predicted octanol–water partition coefficient (Wildman–Crippen LogP) is 2.15. The molecule has 0 aromatic heterocycles. The zero-order chi connectivity index (χ0) is 16.0. The van der Waals surface area contributed by atoms with Gasteiger partial charge in [0.1, 0.15) is 5.54 Å². The lowest BCUT2D eigenvalue weighted by Crippen LogP contribution is -2.48. The zero-order valence-electron chi connectivity index (χ0n) is 12.7. The van der Waals surface area contributed by atoms with E-state index in [1.54, 1.807) is 32.9 Å². The number of nitrogens with two attached hydrogens (primary N) is 1. The van der Waals surface area contributed by atoms with Crippen molar-refractivity contribution >= 4 is 23.5 Å². The Balaban J connectivity index is 2.38. The lowest BCUT2D eigenvalue weighted by Gasteiger charge is -2.26. The van der Waals surface area contributed by atoms with Crippen molar-refractivity contribution in [2.75, 3.05) is 6.54 Å². The van der Waals surface area contributed by atoms with Gasteiger partial charge in [-0.15, -0.1) is 0 Å². The van der Waals surface area contributed by atoms with Gasteiger partial charge < -0.3 is 11.1 Å². The number of halogens is 1. The summed E-state index contributed by atoms with van der Waals surface area (Å²) in [5.74, 6) is -0.298. The number of nitrogens with one attached hydrogen (secondary N) is 1. The van der Waals surface area contributed by atoms with Crippen LogP contribution in [0.3, 0.4) is 0 Å². The minimum atomic E-state index is -1.09. The highest BCUT2D eigenvalue weighted by molar-refractivity contribution is 6.31. The monoisotopic (exact) mass is 309 g/mol. The van der Waals surface area contributed by atoms with E-state index in [-0.39, 0.29) is 12.5 Å². The molecule has 6 heteroatoms. The molecule has 3 amide bonds. The molecule has 1 fully saturated rings. The topological polar surface area (TPSA) is 75.4 Å². The maximum Gasteiger partial charge on any atom is 0.325 e. The molecule has 0 saturated carbocycles. The third-order valence-corrected chi connectivity index (χ3v) is 4.00. The van der Waals surface area contributed by atoms with Crippen LogP contribution in [0.15, 0.2) is 18.2 Å². The number of imide groups is 1. The van der Waals surface area contributed by atoms with Crippen molar-refractivity contribution < 1.29 is 9.59 Å². The maximum atomic E-state index is 12.7. The summed E-state index contributed by atoms with van der Waals surface area (Å²) in [6.07, 6.45) is 0. The van der Waals surface area contributed by atoms with Gasteiger partial charge in [0.05, 0.1) is 0 Å². The molecule has 5 nitrogen and oxygen atoms in total. The smallest absolute Gasteiger partial charge is 0.324 e. The van der Waals surface area contributed by atoms with Gasteiger partial charge in [-0.25, -0.2) is 4.79 Å². The van der Waals surface area contributed by atoms with Gasteiger partial charge in [-0.2, -0.15) is 0 Å². The van der Waals surface area contributed by atoms with Gasteiger partial charge in [-0.1, -0.05) is 23.7 Å². The first-order valence-corrected chi connectivity index (χ1v) is 7.12. The van der Waals surface area contributed by atoms with Crippen LogP contribution in [0.5, 0.6) is 0 Å². The number of rotatable bonds is 3. The van der Waals surface area contributed by atoms with E-state index in [0.717, 1.165) is 5.56 Å². The van der Waals surface area contributed by atoms with E-state index in [9.17, 15) is 9.59 Å². The number of aryl methyl sites for hydroxylation is 1. The molecule has 1 atom stereocenters. The molecule has 1 aromatic rings. The van der Waals surface area contributed by atoms with Gasteiger partial charge in [0.15, 0.2) is 0 Å². The highest BCUT2D eigenvalue weighted by Crippen LogP contribution is 2.31. The molecule has 1 unspecified atom stereocenters. The SMILES string of the molecule is Cc1cc(C2(C)NC(=O)N(CC(C)(C)N)C2=O)ccc1Cl. The Labute approximate surface area is 129 Å². The first kappa shape index (κ1) is 15.8. The van der Waals surface area contributed by atoms with Crippen molar-refractivity contribution in [3.8, 4) is 0 Å². The van der Waals surface area contributed by atoms with E-state index in [1.807, 2.05) is 13.0 Å². The summed E-state index contributed by atoms with van der Waals surface area (Å²) < 4.78 is 0. The molecule has 1 aromatic carbocycles. The molecule has 1 aliphatic heterocycles. The average molecular weight is 310 g/mol. The van der Waals surface area contributed by atoms with Gasteiger partial charge in [0.25, 0.3) is 5.91 Å². The van der Waals surface area contributed by atoms with Crippen molar-refractivity contribution in [3.05, 3.63) is 34.3 Å². The summed E-state index contributed by atoms with van der Waals surface area (Å²) in [6, 6.07) is 4.88. The molecule has 0 bridgehead atoms. The van der Waals surface area contributed by atoms with Crippen LogP contribution in [0, 0.1) is 6.92 Å². The second kappa shape index (κ2) is 5.00. The minimum Gasteiger partial charge on any atom is -0.324 e. The lowest BCUT2D eigenvalue weighted by molar-refractivity contribution is -0.131. The van der Waals surface area contributed by atoms with Crippen LogP contribution in [0.25, 0.3) is 0 Å². The molecule has 1 heterocycles. The van der Waals surface area contributed by atoms with E-state index in [4.69, 9.17) is 17.3 Å². The van der Waals surface area contributed by atoms with Crippen molar-refractivity contribution in [1.29, 1.82) is 0 Å². The van der Waals surface area contributed by atoms with Crippen molar-refractivity contribution in [2.24, 2.45) is 5.73 Å². The van der Waals surface area contributed by atoms with Crippen molar-refractivity contribution in [3.63, 3.8) is 0 Å². The zero-order valence-corrected chi connectivity index (χ0v) is 13.4. The maximum absolute atomic E-state index is 12.7. The molecule has 2 rings (SSSR count). The molecule has 0 aliphatic carbocycles. The van der Waals surface area contributed by atoms with Crippen molar-refractivity contribution in [1.82, 2.24) is 10.2 Å². The molecule has 1 aliphatic rings. The first-order valence-electron chi connectivity index (χ1n) is 6.74. The van der Waals surface area contributed by atoms with Gasteiger partial charge >= 0.3 is 6.03 Å². The van der Waals surface area contributed by atoms with Crippen LogP contribution in [0.1, 0.15) is 31.9 Å². The largest absolute Gasteiger partial charge is 0.325 e. The Bertz CT molecular complexity index is 609. The second-order valence-corrected chi connectivity index (χ2v) is 6.81. The van der Waals surface area contributed by atoms with Gasteiger partial charge in [0.2, 0.25) is 0 Å². The van der Waals surface area contributed by atoms with E-state index in [0.29, 0.717) is 10.6 Å². The lowest BCUT2D eigenvalue weighted by atomic mass is 9.90. The van der Waals surface area contributed by atoms with E-state index < -0.39 is 17.1 Å². The third-order valence-electron chi connectivity index (χ3n) is 3.58. The highest BCUT2D eigenvalue weighted by Gasteiger charge is 2.49. The number of hydrogen-bond acceptors (Lipinski definition) is 3. The number of benzene rings is 1. The summed E-state index contributed by atoms with van der Waals surface area (Å²) >= 11 is 6.01. The summed E-state index contributed by atoms with van der Waals surface area (Å²) in [4.78, 5) is 26.0. The number of carbonyl (C=O) groups excluding carboxylic acids is 2. The van der Waals surface area contributed by atoms with Crippen LogP contribution in [-0.4, -0.2) is 28.9 Å². The minimum absolute atomic E-state index is 0.166. The van der Waals surface area contributed by atoms with Gasteiger partial charge in [-0.3, -0.25) is 9.69 Å². The number of amides is 3. The Kier molecular flexibility index (Phi) is 3.76. The summed E-state index contributed by atoms with van der Waals surface area (Å²) in [6.45, 7) is 7.27. The molecule has 0 spiro atoms. The fourth-order valence-electron chi connectivity index (χ4n) is 2.40. The summed E-state index contributed by atoms with van der Waals surface area (Å²) in [5.41, 5.74) is 5.75. The molecule has 21 heavy (non-hydrogen) atoms. The van der Waals surface area contributed by atoms with Gasteiger partial charge in [0, 0.05) is 17.1 Å². The van der Waals surface area contributed by atoms with Crippen LogP contribution in [0.2, 0.25) is 5.02 Å². The summed E-state index contributed by atoms with van der Waals surface area (Å²) in [7, 11) is 0. The molecular formula is C15H20ClN3O2. The fourth-order valence-corrected chi connectivity index (χ4v) is 2.52. The predicted molar refractivity (Wildman–Crippen MR) is 82.1 cm³/mol. The van der Waals surface area contributed by atoms with Crippen LogP contribution < -0.4 is 11.1 Å². The highest BCUT2D eigenvalue weighted by atomic mass is 35.5. The summed E-state index contributed by atoms with van der Waals surface area (Å²) in [5, 5.41) is 3.38. The van der Waals surface area contributed by atoms with E-state index >= 15 is 0 Å². The Morgan fingerprint density at radius 2 is 2.00 bits per heavy atom. The number of nitrogens with zero attached hydrogens (tertiary/aromatic N) is 1. The second-order valence-electron chi connectivity index (χ2n) is 6.40. The van der Waals surface area contributed by atoms with Gasteiger partial charge in [-0.05, 0) is 44.9 Å². The van der Waals surface area contributed by atoms with Crippen LogP contribution >= 0.6 is 11.6 Å². The molecule has 3 N–H and O–H groups in total. The Morgan fingerprint density at radius 1 is 1.38 bits per heavy atom. The third kappa shape index (κ3) is 2.89. The van der Waals surface area contributed by atoms with E-state index in [2.05, 4.69) is 5.32 Å². The molecular weight excluding hydrogens is 290 g/mol.